The second-order valence-electron chi connectivity index (χ2n) is 5.40. The normalized spacial score (nSPS) is 11.3. The number of anilines is 1. The van der Waals surface area contributed by atoms with Crippen molar-refractivity contribution in [2.75, 3.05) is 12.4 Å². The number of amides is 1. The predicted octanol–water partition coefficient (Wildman–Crippen LogP) is 3.08. The highest BCUT2D eigenvalue weighted by Gasteiger charge is 2.19. The summed E-state index contributed by atoms with van der Waals surface area (Å²) < 4.78 is 10.2. The SMILES string of the molecule is COc1ccc(C(=O)O[C@H](C)C(=O)Nc2cccc(C(C)=O)c2)cc1. The fraction of sp³-hybridized carbons (Fsp3) is 0.211. The zero-order valence-electron chi connectivity index (χ0n) is 14.2. The number of Topliss-reactive ketones (excluding diaryl/α,β-unsaturated/α-hetero) is 1. The van der Waals surface area contributed by atoms with Gasteiger partial charge in [0.05, 0.1) is 12.7 Å². The fourth-order valence-corrected chi connectivity index (χ4v) is 2.07. The van der Waals surface area contributed by atoms with Crippen LogP contribution in [0.3, 0.4) is 0 Å². The lowest BCUT2D eigenvalue weighted by Gasteiger charge is -2.14. The first-order chi connectivity index (χ1) is 11.9. The first kappa shape index (κ1) is 18.2. The van der Waals surface area contributed by atoms with Crippen LogP contribution in [0.1, 0.15) is 34.6 Å². The minimum Gasteiger partial charge on any atom is -0.497 e. The third-order valence-electron chi connectivity index (χ3n) is 3.52. The molecule has 0 saturated heterocycles. The lowest BCUT2D eigenvalue weighted by molar-refractivity contribution is -0.123. The lowest BCUT2D eigenvalue weighted by atomic mass is 10.1. The fourth-order valence-electron chi connectivity index (χ4n) is 2.07. The molecule has 0 radical (unpaired) electrons. The highest BCUT2D eigenvalue weighted by atomic mass is 16.5. The third-order valence-corrected chi connectivity index (χ3v) is 3.52. The van der Waals surface area contributed by atoms with Gasteiger partial charge in [0.1, 0.15) is 5.75 Å². The van der Waals surface area contributed by atoms with E-state index in [1.807, 2.05) is 0 Å². The van der Waals surface area contributed by atoms with Crippen molar-refractivity contribution in [3.63, 3.8) is 0 Å². The van der Waals surface area contributed by atoms with Crippen LogP contribution in [0.15, 0.2) is 48.5 Å². The number of nitrogens with one attached hydrogen (secondary N) is 1. The summed E-state index contributed by atoms with van der Waals surface area (Å²) >= 11 is 0. The molecule has 0 saturated carbocycles. The van der Waals surface area contributed by atoms with Crippen molar-refractivity contribution in [3.05, 3.63) is 59.7 Å². The van der Waals surface area contributed by atoms with Crippen molar-refractivity contribution in [1.82, 2.24) is 0 Å². The van der Waals surface area contributed by atoms with Crippen molar-refractivity contribution in [2.45, 2.75) is 20.0 Å². The Morgan fingerprint density at radius 1 is 1.00 bits per heavy atom. The largest absolute Gasteiger partial charge is 0.497 e. The molecule has 0 heterocycles. The molecule has 0 aromatic heterocycles. The van der Waals surface area contributed by atoms with Crippen LogP contribution in [0.4, 0.5) is 5.69 Å². The van der Waals surface area contributed by atoms with Gasteiger partial charge < -0.3 is 14.8 Å². The van der Waals surface area contributed by atoms with Gasteiger partial charge in [-0.3, -0.25) is 9.59 Å². The van der Waals surface area contributed by atoms with E-state index in [1.165, 1.54) is 21.0 Å². The highest BCUT2D eigenvalue weighted by molar-refractivity contribution is 5.99. The Balaban J connectivity index is 1.98. The molecule has 0 aliphatic heterocycles. The number of carbonyl (C=O) groups is 3. The molecule has 0 spiro atoms. The summed E-state index contributed by atoms with van der Waals surface area (Å²) in [5.74, 6) is -0.576. The highest BCUT2D eigenvalue weighted by Crippen LogP contribution is 2.14. The first-order valence-electron chi connectivity index (χ1n) is 7.67. The van der Waals surface area contributed by atoms with Crippen molar-refractivity contribution < 1.29 is 23.9 Å². The predicted molar refractivity (Wildman–Crippen MR) is 92.9 cm³/mol. The van der Waals surface area contributed by atoms with Crippen LogP contribution < -0.4 is 10.1 Å². The molecule has 130 valence electrons. The van der Waals surface area contributed by atoms with Gasteiger partial charge in [-0.1, -0.05) is 12.1 Å². The van der Waals surface area contributed by atoms with Crippen LogP contribution in [0.25, 0.3) is 0 Å². The van der Waals surface area contributed by atoms with Crippen LogP contribution in [0, 0.1) is 0 Å². The van der Waals surface area contributed by atoms with Crippen molar-refractivity contribution in [2.24, 2.45) is 0 Å². The maximum atomic E-state index is 12.2. The van der Waals surface area contributed by atoms with Gasteiger partial charge in [-0.2, -0.15) is 0 Å². The molecule has 0 bridgehead atoms. The Hall–Kier alpha value is -3.15. The molecule has 6 nitrogen and oxygen atoms in total. The van der Waals surface area contributed by atoms with E-state index in [0.717, 1.165) is 0 Å². The van der Waals surface area contributed by atoms with E-state index in [-0.39, 0.29) is 5.78 Å². The molecule has 0 fully saturated rings. The minimum absolute atomic E-state index is 0.102. The zero-order valence-corrected chi connectivity index (χ0v) is 14.2. The third kappa shape index (κ3) is 4.91. The molecule has 25 heavy (non-hydrogen) atoms. The molecule has 0 aliphatic rings. The molecule has 1 amide bonds. The number of hydrogen-bond donors (Lipinski definition) is 1. The van der Waals surface area contributed by atoms with E-state index < -0.39 is 18.0 Å². The van der Waals surface area contributed by atoms with Gasteiger partial charge in [0.15, 0.2) is 11.9 Å². The Kier molecular flexibility index (Phi) is 5.89. The molecule has 0 unspecified atom stereocenters. The molecular formula is C19H19NO5. The van der Waals surface area contributed by atoms with Crippen LogP contribution in [-0.4, -0.2) is 30.9 Å². The Morgan fingerprint density at radius 3 is 2.28 bits per heavy atom. The average Bonchev–Trinajstić information content (AvgIpc) is 2.61. The number of esters is 1. The second kappa shape index (κ2) is 8.10. The number of ketones is 1. The minimum atomic E-state index is -0.990. The topological polar surface area (TPSA) is 81.7 Å². The van der Waals surface area contributed by atoms with Crippen molar-refractivity contribution >= 4 is 23.3 Å². The molecule has 2 rings (SSSR count). The maximum Gasteiger partial charge on any atom is 0.338 e. The van der Waals surface area contributed by atoms with E-state index in [1.54, 1.807) is 48.5 Å². The summed E-state index contributed by atoms with van der Waals surface area (Å²) in [5, 5.41) is 2.62. The van der Waals surface area contributed by atoms with Gasteiger partial charge >= 0.3 is 5.97 Å². The molecule has 6 heteroatoms. The van der Waals surface area contributed by atoms with Crippen LogP contribution >= 0.6 is 0 Å². The first-order valence-corrected chi connectivity index (χ1v) is 7.67. The summed E-state index contributed by atoms with van der Waals surface area (Å²) in [5.41, 5.74) is 1.27. The maximum absolute atomic E-state index is 12.2. The Bertz CT molecular complexity index is 783. The number of carbonyl (C=O) groups excluding carboxylic acids is 3. The van der Waals surface area contributed by atoms with Gasteiger partial charge in [-0.15, -0.1) is 0 Å². The van der Waals surface area contributed by atoms with E-state index in [2.05, 4.69) is 5.32 Å². The molecular weight excluding hydrogens is 322 g/mol. The van der Waals surface area contributed by atoms with E-state index >= 15 is 0 Å². The Morgan fingerprint density at radius 2 is 1.68 bits per heavy atom. The van der Waals surface area contributed by atoms with Gasteiger partial charge in [0.25, 0.3) is 5.91 Å². The van der Waals surface area contributed by atoms with Gasteiger partial charge in [-0.25, -0.2) is 4.79 Å². The van der Waals surface area contributed by atoms with Gasteiger partial charge in [0, 0.05) is 11.3 Å². The number of benzene rings is 2. The van der Waals surface area contributed by atoms with Gasteiger partial charge in [0.2, 0.25) is 0 Å². The quantitative estimate of drug-likeness (QED) is 0.645. The summed E-state index contributed by atoms with van der Waals surface area (Å²) in [6, 6.07) is 12.9. The Labute approximate surface area is 145 Å². The van der Waals surface area contributed by atoms with E-state index in [9.17, 15) is 14.4 Å². The summed E-state index contributed by atoms with van der Waals surface area (Å²) in [4.78, 5) is 35.6. The summed E-state index contributed by atoms with van der Waals surface area (Å²) in [6.07, 6.45) is -0.990. The second-order valence-corrected chi connectivity index (χ2v) is 5.40. The van der Waals surface area contributed by atoms with E-state index in [0.29, 0.717) is 22.6 Å². The zero-order chi connectivity index (χ0) is 18.4. The summed E-state index contributed by atoms with van der Waals surface area (Å²) in [7, 11) is 1.53. The van der Waals surface area contributed by atoms with Crippen molar-refractivity contribution in [3.8, 4) is 5.75 Å². The molecule has 2 aromatic rings. The van der Waals surface area contributed by atoms with Gasteiger partial charge in [-0.05, 0) is 50.2 Å². The van der Waals surface area contributed by atoms with E-state index in [4.69, 9.17) is 9.47 Å². The van der Waals surface area contributed by atoms with Crippen LogP contribution in [0.5, 0.6) is 5.75 Å². The monoisotopic (exact) mass is 341 g/mol. The summed E-state index contributed by atoms with van der Waals surface area (Å²) in [6.45, 7) is 2.92. The number of methoxy groups -OCH3 is 1. The number of ether oxygens (including phenoxy) is 2. The lowest BCUT2D eigenvalue weighted by Crippen LogP contribution is -2.30. The van der Waals surface area contributed by atoms with Crippen molar-refractivity contribution in [1.29, 1.82) is 0 Å². The van der Waals surface area contributed by atoms with Crippen LogP contribution in [0.2, 0.25) is 0 Å². The smallest absolute Gasteiger partial charge is 0.338 e. The number of rotatable bonds is 6. The molecule has 1 atom stereocenters. The molecule has 2 aromatic carbocycles. The standard InChI is InChI=1S/C19H19NO5/c1-12(21)15-5-4-6-16(11-15)20-18(22)13(2)25-19(23)14-7-9-17(24-3)10-8-14/h4-11,13H,1-3H3,(H,20,22)/t13-/m1/s1. The number of hydrogen-bond acceptors (Lipinski definition) is 5. The average molecular weight is 341 g/mol. The molecule has 0 aliphatic carbocycles. The van der Waals surface area contributed by atoms with Crippen LogP contribution in [-0.2, 0) is 9.53 Å². The molecule has 1 N–H and O–H groups in total.